The number of amides is 2. The fraction of sp³-hybridized carbons (Fsp3) is 0.286. The van der Waals surface area contributed by atoms with Crippen molar-refractivity contribution in [1.82, 2.24) is 25.2 Å². The lowest BCUT2D eigenvalue weighted by Crippen LogP contribution is -2.31. The second-order valence-electron chi connectivity index (χ2n) is 9.26. The highest BCUT2D eigenvalue weighted by atomic mass is 16.5. The molecule has 1 aliphatic rings. The Kier molecular flexibility index (Phi) is 7.23. The van der Waals surface area contributed by atoms with Crippen molar-refractivity contribution in [3.63, 3.8) is 0 Å². The second kappa shape index (κ2) is 10.9. The van der Waals surface area contributed by atoms with Crippen LogP contribution < -0.4 is 16.4 Å². The second-order valence-corrected chi connectivity index (χ2v) is 9.26. The minimum Gasteiger partial charge on any atom is -0.448 e. The maximum atomic E-state index is 12.0. The Morgan fingerprint density at radius 2 is 1.87 bits per heavy atom. The van der Waals surface area contributed by atoms with E-state index < -0.39 is 6.09 Å². The van der Waals surface area contributed by atoms with Crippen LogP contribution in [0, 0.1) is 0 Å². The first-order chi connectivity index (χ1) is 18.4. The summed E-state index contributed by atoms with van der Waals surface area (Å²) in [5, 5.41) is 6.32. The van der Waals surface area contributed by atoms with E-state index in [1.165, 1.54) is 0 Å². The van der Waals surface area contributed by atoms with Gasteiger partial charge in [0.1, 0.15) is 24.1 Å². The summed E-state index contributed by atoms with van der Waals surface area (Å²) in [5.41, 5.74) is 11.2. The third-order valence-electron chi connectivity index (χ3n) is 6.44. The van der Waals surface area contributed by atoms with Gasteiger partial charge in [-0.2, -0.15) is 0 Å². The van der Waals surface area contributed by atoms with Gasteiger partial charge in [-0.15, -0.1) is 0 Å². The van der Waals surface area contributed by atoms with E-state index in [9.17, 15) is 9.59 Å². The van der Waals surface area contributed by atoms with Crippen LogP contribution in [0.2, 0.25) is 0 Å². The fourth-order valence-electron chi connectivity index (χ4n) is 4.35. The van der Waals surface area contributed by atoms with Gasteiger partial charge in [0, 0.05) is 30.5 Å². The summed E-state index contributed by atoms with van der Waals surface area (Å²) in [6.45, 7) is 7.09. The maximum absolute atomic E-state index is 12.0. The van der Waals surface area contributed by atoms with E-state index in [1.54, 1.807) is 6.92 Å². The number of hydrogen-bond acceptors (Lipinski definition) is 7. The van der Waals surface area contributed by atoms with Crippen LogP contribution in [0.25, 0.3) is 21.9 Å². The highest BCUT2D eigenvalue weighted by Crippen LogP contribution is 2.35. The molecule has 10 heteroatoms. The van der Waals surface area contributed by atoms with Gasteiger partial charge in [-0.05, 0) is 24.1 Å². The number of nitrogen functional groups attached to an aromatic ring is 1. The maximum Gasteiger partial charge on any atom is 0.407 e. The van der Waals surface area contributed by atoms with Crippen LogP contribution in [0.15, 0.2) is 60.7 Å². The number of rotatable bonds is 9. The van der Waals surface area contributed by atoms with Crippen LogP contribution in [0.4, 0.5) is 10.6 Å². The molecule has 5 rings (SSSR count). The molecule has 0 bridgehead atoms. The monoisotopic (exact) mass is 514 g/mol. The molecule has 0 saturated carbocycles. The number of anilines is 1. The summed E-state index contributed by atoms with van der Waals surface area (Å²) in [6, 6.07) is 15.9. The highest BCUT2D eigenvalue weighted by Gasteiger charge is 2.28. The summed E-state index contributed by atoms with van der Waals surface area (Å²) in [4.78, 5) is 32.8. The number of fused-ring (bicyclic) bond motifs is 3. The standard InChI is InChI=1S/C28H30N6O4/c1-17(2)27(35)30-12-14-38-28(36)31-15-18-7-9-19(10-8-18)16-34-24-20-5-3-4-6-21(20)32-25(29)23(24)33-26(34)22-11-13-37-22/h3-10,22H,1,11-16H2,2H3,(H2,29,32)(H,30,35)(H,31,36). The summed E-state index contributed by atoms with van der Waals surface area (Å²) in [6.07, 6.45) is 0.297. The van der Waals surface area contributed by atoms with E-state index in [4.69, 9.17) is 20.2 Å². The zero-order valence-corrected chi connectivity index (χ0v) is 21.2. The van der Waals surface area contributed by atoms with Gasteiger partial charge in [-0.3, -0.25) is 4.79 Å². The molecule has 1 aliphatic heterocycles. The van der Waals surface area contributed by atoms with Crippen LogP contribution in [0.1, 0.15) is 36.4 Å². The Morgan fingerprint density at radius 3 is 2.58 bits per heavy atom. The minimum absolute atomic E-state index is 0.0656. The first-order valence-electron chi connectivity index (χ1n) is 12.5. The summed E-state index contributed by atoms with van der Waals surface area (Å²) < 4.78 is 13.1. The summed E-state index contributed by atoms with van der Waals surface area (Å²) in [7, 11) is 0. The van der Waals surface area contributed by atoms with Crippen molar-refractivity contribution in [2.24, 2.45) is 0 Å². The van der Waals surface area contributed by atoms with E-state index in [1.807, 2.05) is 48.5 Å². The number of nitrogens with two attached hydrogens (primary N) is 1. The van der Waals surface area contributed by atoms with Crippen molar-refractivity contribution in [3.05, 3.63) is 77.6 Å². The summed E-state index contributed by atoms with van der Waals surface area (Å²) >= 11 is 0. The molecule has 2 aromatic heterocycles. The third kappa shape index (κ3) is 5.30. The number of pyridine rings is 1. The SMILES string of the molecule is C=C(C)C(=O)NCCOC(=O)NCc1ccc(Cn2c(C3CCO3)nc3c(N)nc4ccccc4c32)cc1. The van der Waals surface area contributed by atoms with Crippen molar-refractivity contribution >= 4 is 39.8 Å². The minimum atomic E-state index is -0.549. The topological polar surface area (TPSA) is 133 Å². The number of aromatic nitrogens is 3. The number of carbonyl (C=O) groups is 2. The molecular weight excluding hydrogens is 484 g/mol. The van der Waals surface area contributed by atoms with E-state index in [0.29, 0.717) is 30.0 Å². The average molecular weight is 515 g/mol. The Labute approximate surface area is 219 Å². The molecule has 1 saturated heterocycles. The van der Waals surface area contributed by atoms with Crippen molar-refractivity contribution in [2.45, 2.75) is 32.5 Å². The van der Waals surface area contributed by atoms with Gasteiger partial charge >= 0.3 is 6.09 Å². The van der Waals surface area contributed by atoms with Crippen molar-refractivity contribution < 1.29 is 19.1 Å². The number of hydrogen-bond donors (Lipinski definition) is 3. The lowest BCUT2D eigenvalue weighted by atomic mass is 10.1. The molecule has 1 atom stereocenters. The summed E-state index contributed by atoms with van der Waals surface area (Å²) in [5.74, 6) is 0.993. The van der Waals surface area contributed by atoms with E-state index in [2.05, 4.69) is 26.8 Å². The lowest BCUT2D eigenvalue weighted by molar-refractivity contribution is -0.117. The van der Waals surface area contributed by atoms with Crippen molar-refractivity contribution in [2.75, 3.05) is 25.5 Å². The molecule has 10 nitrogen and oxygen atoms in total. The molecular formula is C28H30N6O4. The molecule has 38 heavy (non-hydrogen) atoms. The van der Waals surface area contributed by atoms with Crippen molar-refractivity contribution in [3.8, 4) is 0 Å². The number of benzene rings is 2. The molecule has 2 aromatic carbocycles. The smallest absolute Gasteiger partial charge is 0.407 e. The third-order valence-corrected chi connectivity index (χ3v) is 6.44. The average Bonchev–Trinajstić information content (AvgIpc) is 3.24. The molecule has 4 aromatic rings. The Morgan fingerprint density at radius 1 is 1.13 bits per heavy atom. The van der Waals surface area contributed by atoms with E-state index in [0.717, 1.165) is 46.4 Å². The van der Waals surface area contributed by atoms with Gasteiger partial charge in [0.2, 0.25) is 5.91 Å². The number of para-hydroxylation sites is 1. The molecule has 0 spiro atoms. The van der Waals surface area contributed by atoms with Crippen LogP contribution in [-0.2, 0) is 27.4 Å². The van der Waals surface area contributed by atoms with Crippen LogP contribution in [-0.4, -0.2) is 46.3 Å². The molecule has 3 heterocycles. The van der Waals surface area contributed by atoms with Gasteiger partial charge in [0.15, 0.2) is 5.82 Å². The molecule has 1 fully saturated rings. The molecule has 196 valence electrons. The molecule has 4 N–H and O–H groups in total. The van der Waals surface area contributed by atoms with Crippen molar-refractivity contribution in [1.29, 1.82) is 0 Å². The number of ether oxygens (including phenoxy) is 2. The van der Waals surface area contributed by atoms with Gasteiger partial charge in [-0.1, -0.05) is 49.0 Å². The quantitative estimate of drug-likeness (QED) is 0.230. The molecule has 2 amide bonds. The number of alkyl carbamates (subject to hydrolysis) is 1. The molecule has 0 aliphatic carbocycles. The van der Waals surface area contributed by atoms with Crippen LogP contribution >= 0.6 is 0 Å². The van der Waals surface area contributed by atoms with Gasteiger partial charge in [0.05, 0.1) is 24.2 Å². The molecule has 0 radical (unpaired) electrons. The van der Waals surface area contributed by atoms with E-state index >= 15 is 0 Å². The fourth-order valence-corrected chi connectivity index (χ4v) is 4.35. The van der Waals surface area contributed by atoms with Gasteiger partial charge in [0.25, 0.3) is 0 Å². The zero-order valence-electron chi connectivity index (χ0n) is 21.2. The zero-order chi connectivity index (χ0) is 26.6. The van der Waals surface area contributed by atoms with Gasteiger partial charge in [-0.25, -0.2) is 14.8 Å². The predicted octanol–water partition coefficient (Wildman–Crippen LogP) is 3.59. The predicted molar refractivity (Wildman–Crippen MR) is 144 cm³/mol. The van der Waals surface area contributed by atoms with Gasteiger partial charge < -0.3 is 30.4 Å². The highest BCUT2D eigenvalue weighted by molar-refractivity contribution is 6.06. The number of nitrogens with zero attached hydrogens (tertiary/aromatic N) is 3. The first kappa shape index (κ1) is 25.2. The first-order valence-corrected chi connectivity index (χ1v) is 12.5. The lowest BCUT2D eigenvalue weighted by Gasteiger charge is -2.26. The number of imidazole rings is 1. The molecule has 1 unspecified atom stereocenters. The normalized spacial score (nSPS) is 14.7. The Bertz CT molecular complexity index is 1510. The largest absolute Gasteiger partial charge is 0.448 e. The number of nitrogens with one attached hydrogen (secondary N) is 2. The van der Waals surface area contributed by atoms with E-state index in [-0.39, 0.29) is 25.2 Å². The van der Waals surface area contributed by atoms with Crippen LogP contribution in [0.3, 0.4) is 0 Å². The Hall–Kier alpha value is -4.44. The number of carbonyl (C=O) groups excluding carboxylic acids is 2. The Balaban J connectivity index is 1.27. The van der Waals surface area contributed by atoms with Crippen LogP contribution in [0.5, 0.6) is 0 Å².